The fraction of sp³-hybridized carbons (Fsp3) is 0.789. The minimum Gasteiger partial charge on any atom is -0.364 e. The second-order valence-corrected chi connectivity index (χ2v) is 7.54. The molecule has 2 fully saturated rings. The van der Waals surface area contributed by atoms with Gasteiger partial charge in [-0.1, -0.05) is 12.1 Å². The number of piperazine rings is 1. The number of hydrogen-bond acceptors (Lipinski definition) is 5. The third kappa shape index (κ3) is 5.71. The van der Waals surface area contributed by atoms with Crippen molar-refractivity contribution in [3.8, 4) is 0 Å². The molecule has 2 saturated heterocycles. The highest BCUT2D eigenvalue weighted by Crippen LogP contribution is 2.14. The first kappa shape index (κ1) is 19.2. The van der Waals surface area contributed by atoms with Gasteiger partial charge in [0.05, 0.1) is 12.2 Å². The normalized spacial score (nSPS) is 23.4. The van der Waals surface area contributed by atoms with E-state index in [4.69, 9.17) is 9.52 Å². The van der Waals surface area contributed by atoms with Crippen LogP contribution in [-0.4, -0.2) is 84.7 Å². The number of piperidine rings is 1. The largest absolute Gasteiger partial charge is 0.364 e. The van der Waals surface area contributed by atoms with Gasteiger partial charge >= 0.3 is 0 Å². The second-order valence-electron chi connectivity index (χ2n) is 7.54. The van der Waals surface area contributed by atoms with E-state index < -0.39 is 0 Å². The van der Waals surface area contributed by atoms with E-state index in [1.807, 2.05) is 6.07 Å². The molecule has 0 aromatic carbocycles. The Bertz CT molecular complexity index is 538. The van der Waals surface area contributed by atoms with Crippen molar-refractivity contribution < 1.29 is 4.52 Å². The molecule has 2 aliphatic rings. The number of nitrogens with one attached hydrogen (secondary N) is 1. The second kappa shape index (κ2) is 9.92. The van der Waals surface area contributed by atoms with Crippen molar-refractivity contribution in [2.75, 3.05) is 58.9 Å². The molecule has 1 N–H and O–H groups in total. The Labute approximate surface area is 157 Å². The molecule has 0 saturated carbocycles. The van der Waals surface area contributed by atoms with Gasteiger partial charge in [-0.2, -0.15) is 0 Å². The van der Waals surface area contributed by atoms with Crippen molar-refractivity contribution in [1.82, 2.24) is 25.2 Å². The summed E-state index contributed by atoms with van der Waals surface area (Å²) in [5, 5.41) is 7.48. The van der Waals surface area contributed by atoms with Crippen molar-refractivity contribution >= 4 is 5.96 Å². The molecular formula is C19H34N6O. The van der Waals surface area contributed by atoms with Gasteiger partial charge in [0, 0.05) is 58.4 Å². The standard InChI is InChI=1S/C19H34N6O/c1-3-20-19(21-7-9-23-8-4-5-17(2)15-23)25-12-10-24(11-13-25)16-18-6-14-26-22-18/h6,14,17H,3-5,7-13,15-16H2,1-2H3,(H,20,21). The summed E-state index contributed by atoms with van der Waals surface area (Å²) < 4.78 is 4.93. The van der Waals surface area contributed by atoms with Gasteiger partial charge in [0.25, 0.3) is 0 Å². The van der Waals surface area contributed by atoms with E-state index in [-0.39, 0.29) is 0 Å². The molecule has 1 aromatic rings. The predicted octanol–water partition coefficient (Wildman–Crippen LogP) is 1.49. The summed E-state index contributed by atoms with van der Waals surface area (Å²) in [6.45, 7) is 14.8. The Hall–Kier alpha value is -1.60. The summed E-state index contributed by atoms with van der Waals surface area (Å²) in [6.07, 6.45) is 4.35. The predicted molar refractivity (Wildman–Crippen MR) is 104 cm³/mol. The van der Waals surface area contributed by atoms with Crippen LogP contribution in [-0.2, 0) is 6.54 Å². The van der Waals surface area contributed by atoms with Gasteiger partial charge in [-0.3, -0.25) is 9.89 Å². The fourth-order valence-corrected chi connectivity index (χ4v) is 3.88. The maximum atomic E-state index is 4.93. The number of hydrogen-bond donors (Lipinski definition) is 1. The van der Waals surface area contributed by atoms with E-state index in [9.17, 15) is 0 Å². The molecule has 0 aliphatic carbocycles. The first-order valence-corrected chi connectivity index (χ1v) is 10.1. The zero-order chi connectivity index (χ0) is 18.2. The minimum atomic E-state index is 0.832. The van der Waals surface area contributed by atoms with Crippen molar-refractivity contribution in [3.05, 3.63) is 18.0 Å². The maximum Gasteiger partial charge on any atom is 0.194 e. The lowest BCUT2D eigenvalue weighted by Gasteiger charge is -2.36. The van der Waals surface area contributed by atoms with E-state index in [0.717, 1.165) is 69.9 Å². The Morgan fingerprint density at radius 1 is 1.27 bits per heavy atom. The Morgan fingerprint density at radius 3 is 2.81 bits per heavy atom. The SMILES string of the molecule is CCNC(=NCCN1CCCC(C)C1)N1CCN(Cc2ccon2)CC1. The van der Waals surface area contributed by atoms with Gasteiger partial charge in [-0.15, -0.1) is 0 Å². The minimum absolute atomic E-state index is 0.832. The number of guanidine groups is 1. The van der Waals surface area contributed by atoms with E-state index in [1.165, 1.54) is 25.9 Å². The van der Waals surface area contributed by atoms with Gasteiger partial charge < -0.3 is 19.6 Å². The topological polar surface area (TPSA) is 60.1 Å². The number of nitrogens with zero attached hydrogens (tertiary/aromatic N) is 5. The van der Waals surface area contributed by atoms with Crippen LogP contribution in [0.2, 0.25) is 0 Å². The van der Waals surface area contributed by atoms with E-state index in [2.05, 4.69) is 39.0 Å². The smallest absolute Gasteiger partial charge is 0.194 e. The van der Waals surface area contributed by atoms with Crippen LogP contribution in [0.25, 0.3) is 0 Å². The Morgan fingerprint density at radius 2 is 2.12 bits per heavy atom. The summed E-state index contributed by atoms with van der Waals surface area (Å²) in [6, 6.07) is 1.94. The highest BCUT2D eigenvalue weighted by Gasteiger charge is 2.20. The molecule has 0 amide bonds. The van der Waals surface area contributed by atoms with Crippen LogP contribution in [0.4, 0.5) is 0 Å². The molecule has 1 aromatic heterocycles. The highest BCUT2D eigenvalue weighted by atomic mass is 16.5. The molecule has 1 unspecified atom stereocenters. The molecular weight excluding hydrogens is 328 g/mol. The first-order valence-electron chi connectivity index (χ1n) is 10.1. The first-order chi connectivity index (χ1) is 12.7. The molecule has 0 radical (unpaired) electrons. The van der Waals surface area contributed by atoms with E-state index >= 15 is 0 Å². The molecule has 26 heavy (non-hydrogen) atoms. The molecule has 7 nitrogen and oxygen atoms in total. The quantitative estimate of drug-likeness (QED) is 0.611. The third-order valence-corrected chi connectivity index (χ3v) is 5.30. The molecule has 7 heteroatoms. The van der Waals surface area contributed by atoms with Crippen molar-refractivity contribution in [1.29, 1.82) is 0 Å². The molecule has 3 rings (SSSR count). The monoisotopic (exact) mass is 362 g/mol. The maximum absolute atomic E-state index is 4.93. The molecule has 3 heterocycles. The third-order valence-electron chi connectivity index (χ3n) is 5.30. The van der Waals surface area contributed by atoms with Gasteiger partial charge in [0.1, 0.15) is 6.26 Å². The molecule has 2 aliphatic heterocycles. The number of aromatic nitrogens is 1. The van der Waals surface area contributed by atoms with Gasteiger partial charge in [0.15, 0.2) is 5.96 Å². The van der Waals surface area contributed by atoms with Crippen LogP contribution < -0.4 is 5.32 Å². The van der Waals surface area contributed by atoms with Crippen molar-refractivity contribution in [3.63, 3.8) is 0 Å². The van der Waals surface area contributed by atoms with Crippen molar-refractivity contribution in [2.45, 2.75) is 33.2 Å². The average Bonchev–Trinajstić information content (AvgIpc) is 3.15. The summed E-state index contributed by atoms with van der Waals surface area (Å²) in [4.78, 5) is 12.3. The Kier molecular flexibility index (Phi) is 7.32. The molecule has 1 atom stereocenters. The molecule has 0 spiro atoms. The highest BCUT2D eigenvalue weighted by molar-refractivity contribution is 5.80. The van der Waals surface area contributed by atoms with Crippen LogP contribution in [0, 0.1) is 5.92 Å². The zero-order valence-corrected chi connectivity index (χ0v) is 16.4. The lowest BCUT2D eigenvalue weighted by molar-refractivity contribution is 0.168. The van der Waals surface area contributed by atoms with E-state index in [1.54, 1.807) is 6.26 Å². The van der Waals surface area contributed by atoms with Crippen LogP contribution in [0.5, 0.6) is 0 Å². The molecule has 146 valence electrons. The lowest BCUT2D eigenvalue weighted by Crippen LogP contribution is -2.52. The van der Waals surface area contributed by atoms with E-state index in [0.29, 0.717) is 0 Å². The average molecular weight is 363 g/mol. The van der Waals surface area contributed by atoms with Gasteiger partial charge in [0.2, 0.25) is 0 Å². The summed E-state index contributed by atoms with van der Waals surface area (Å²) in [5.41, 5.74) is 1.01. The Balaban J connectivity index is 1.45. The van der Waals surface area contributed by atoms with Gasteiger partial charge in [-0.25, -0.2) is 0 Å². The number of aliphatic imine (C=N–C) groups is 1. The van der Waals surface area contributed by atoms with Crippen LogP contribution in [0.3, 0.4) is 0 Å². The summed E-state index contributed by atoms with van der Waals surface area (Å²) in [7, 11) is 0. The zero-order valence-electron chi connectivity index (χ0n) is 16.4. The molecule has 0 bridgehead atoms. The van der Waals surface area contributed by atoms with Crippen LogP contribution in [0.15, 0.2) is 21.8 Å². The summed E-state index contributed by atoms with van der Waals surface area (Å²) in [5.74, 6) is 1.90. The lowest BCUT2D eigenvalue weighted by atomic mass is 10.0. The number of likely N-dealkylation sites (tertiary alicyclic amines) is 1. The van der Waals surface area contributed by atoms with Crippen LogP contribution >= 0.6 is 0 Å². The summed E-state index contributed by atoms with van der Waals surface area (Å²) >= 11 is 0. The fourth-order valence-electron chi connectivity index (χ4n) is 3.88. The van der Waals surface area contributed by atoms with Crippen LogP contribution in [0.1, 0.15) is 32.4 Å². The number of rotatable bonds is 6. The van der Waals surface area contributed by atoms with Gasteiger partial charge in [-0.05, 0) is 32.2 Å². The van der Waals surface area contributed by atoms with Crippen molar-refractivity contribution in [2.24, 2.45) is 10.9 Å².